The van der Waals surface area contributed by atoms with Crippen molar-refractivity contribution in [2.24, 2.45) is 7.05 Å². The van der Waals surface area contributed by atoms with E-state index < -0.39 is 0 Å². The van der Waals surface area contributed by atoms with Gasteiger partial charge < -0.3 is 4.42 Å². The molecule has 0 atom stereocenters. The zero-order valence-corrected chi connectivity index (χ0v) is 18.8. The van der Waals surface area contributed by atoms with Crippen molar-refractivity contribution in [3.63, 3.8) is 0 Å². The van der Waals surface area contributed by atoms with Crippen LogP contribution in [0, 0.1) is 6.92 Å². The summed E-state index contributed by atoms with van der Waals surface area (Å²) in [7, 11) is 2.16. The number of hydrogen-bond donors (Lipinski definition) is 0. The summed E-state index contributed by atoms with van der Waals surface area (Å²) in [5.74, 6) is 0. The van der Waals surface area contributed by atoms with Crippen LogP contribution in [0.1, 0.15) is 30.5 Å². The Hall–Kier alpha value is -3.65. The van der Waals surface area contributed by atoms with E-state index in [2.05, 4.69) is 99.2 Å². The molecule has 0 unspecified atom stereocenters. The molecule has 0 amide bonds. The Kier molecular flexibility index (Phi) is 3.24. The van der Waals surface area contributed by atoms with E-state index >= 15 is 0 Å². The van der Waals surface area contributed by atoms with Crippen molar-refractivity contribution in [3.8, 4) is 11.3 Å². The molecule has 1 aliphatic rings. The number of nitrogens with zero attached hydrogens (tertiary/aromatic N) is 1. The number of aryl methyl sites for hydroxylation is 2. The highest BCUT2D eigenvalue weighted by Gasteiger charge is 2.40. The Balaban J connectivity index is 1.77. The smallest absolute Gasteiger partial charge is 0.221 e. The first kappa shape index (κ1) is 18.0. The summed E-state index contributed by atoms with van der Waals surface area (Å²) in [6.45, 7) is 7.03. The average molecular weight is 415 g/mol. The maximum Gasteiger partial charge on any atom is 0.221 e. The van der Waals surface area contributed by atoms with Gasteiger partial charge in [0.25, 0.3) is 0 Å². The van der Waals surface area contributed by atoms with Gasteiger partial charge >= 0.3 is 0 Å². The standard InChI is InChI=1S/C30H24NO/c1-17-19-10-6-5-9-18(19)15-23-26(17)28-27-21(13-14-31(28)4)29-22(16-24(27)30(23,2)3)20-11-7-8-12-25(20)32-29/h5-16H,1-4H3/q+1. The van der Waals surface area contributed by atoms with Gasteiger partial charge in [-0.3, -0.25) is 0 Å². The molecule has 0 radical (unpaired) electrons. The largest absolute Gasteiger partial charge is 0.455 e. The van der Waals surface area contributed by atoms with Crippen LogP contribution in [0.15, 0.2) is 77.3 Å². The first-order valence-corrected chi connectivity index (χ1v) is 11.3. The van der Waals surface area contributed by atoms with E-state index in [-0.39, 0.29) is 5.41 Å². The first-order chi connectivity index (χ1) is 15.5. The fourth-order valence-corrected chi connectivity index (χ4v) is 6.00. The molecule has 0 saturated carbocycles. The first-order valence-electron chi connectivity index (χ1n) is 11.3. The highest BCUT2D eigenvalue weighted by molar-refractivity contribution is 6.19. The van der Waals surface area contributed by atoms with Gasteiger partial charge in [0.15, 0.2) is 6.20 Å². The van der Waals surface area contributed by atoms with Crippen molar-refractivity contribution in [3.05, 3.63) is 89.6 Å². The van der Waals surface area contributed by atoms with E-state index in [4.69, 9.17) is 4.42 Å². The molecule has 6 aromatic rings. The highest BCUT2D eigenvalue weighted by atomic mass is 16.3. The number of hydrogen-bond acceptors (Lipinski definition) is 1. The van der Waals surface area contributed by atoms with E-state index in [1.54, 1.807) is 0 Å². The van der Waals surface area contributed by atoms with Gasteiger partial charge in [-0.15, -0.1) is 0 Å². The van der Waals surface area contributed by atoms with Crippen molar-refractivity contribution < 1.29 is 8.98 Å². The summed E-state index contributed by atoms with van der Waals surface area (Å²) < 4.78 is 8.72. The number of benzene rings is 4. The monoisotopic (exact) mass is 414 g/mol. The second kappa shape index (κ2) is 5.77. The molecule has 7 rings (SSSR count). The summed E-state index contributed by atoms with van der Waals surface area (Å²) in [5, 5.41) is 7.55. The van der Waals surface area contributed by atoms with Crippen LogP contribution < -0.4 is 4.57 Å². The number of para-hydroxylation sites is 1. The Morgan fingerprint density at radius 1 is 0.781 bits per heavy atom. The average Bonchev–Trinajstić information content (AvgIpc) is 3.17. The lowest BCUT2D eigenvalue weighted by atomic mass is 9.67. The van der Waals surface area contributed by atoms with Crippen molar-refractivity contribution >= 4 is 43.5 Å². The van der Waals surface area contributed by atoms with E-state index in [9.17, 15) is 0 Å². The predicted octanol–water partition coefficient (Wildman–Crippen LogP) is 7.33. The highest BCUT2D eigenvalue weighted by Crippen LogP contribution is 2.52. The lowest BCUT2D eigenvalue weighted by molar-refractivity contribution is -0.659. The molecular weight excluding hydrogens is 390 g/mol. The van der Waals surface area contributed by atoms with Crippen LogP contribution in [0.4, 0.5) is 0 Å². The van der Waals surface area contributed by atoms with Gasteiger partial charge in [-0.2, -0.15) is 0 Å². The molecule has 154 valence electrons. The number of rotatable bonds is 0. The van der Waals surface area contributed by atoms with Gasteiger partial charge in [-0.05, 0) is 52.6 Å². The molecule has 2 heteroatoms. The lowest BCUT2D eigenvalue weighted by Crippen LogP contribution is -2.35. The third-order valence-corrected chi connectivity index (χ3v) is 7.65. The third kappa shape index (κ3) is 2.03. The minimum absolute atomic E-state index is 0.129. The SMILES string of the molecule is Cc1c2c(cc3ccccc13)C(C)(C)c1cc3c4ccccc4oc3c3cc[n+](C)c-2c13. The van der Waals surface area contributed by atoms with Crippen LogP contribution in [0.25, 0.3) is 54.7 Å². The van der Waals surface area contributed by atoms with Crippen LogP contribution in [-0.2, 0) is 12.5 Å². The summed E-state index contributed by atoms with van der Waals surface area (Å²) >= 11 is 0. The minimum Gasteiger partial charge on any atom is -0.455 e. The molecule has 2 nitrogen and oxygen atoms in total. The lowest BCUT2D eigenvalue weighted by Gasteiger charge is -2.34. The zero-order valence-electron chi connectivity index (χ0n) is 18.8. The molecule has 0 bridgehead atoms. The molecule has 0 fully saturated rings. The maximum absolute atomic E-state index is 6.43. The molecule has 0 N–H and O–H groups in total. The Morgan fingerprint density at radius 2 is 1.53 bits per heavy atom. The van der Waals surface area contributed by atoms with Gasteiger partial charge in [0.1, 0.15) is 18.2 Å². The summed E-state index contributed by atoms with van der Waals surface area (Å²) in [4.78, 5) is 0. The van der Waals surface area contributed by atoms with Gasteiger partial charge in [0.05, 0.1) is 10.9 Å². The number of aromatic nitrogens is 1. The summed E-state index contributed by atoms with van der Waals surface area (Å²) in [5.41, 5.74) is 8.59. The fourth-order valence-electron chi connectivity index (χ4n) is 6.00. The Labute approximate surface area is 186 Å². The molecular formula is C30H24NO+. The number of fused-ring (bicyclic) bond motifs is 7. The van der Waals surface area contributed by atoms with E-state index in [1.165, 1.54) is 60.3 Å². The van der Waals surface area contributed by atoms with Crippen LogP contribution in [0.2, 0.25) is 0 Å². The van der Waals surface area contributed by atoms with Gasteiger partial charge in [-0.1, -0.05) is 56.3 Å². The summed E-state index contributed by atoms with van der Waals surface area (Å²) in [6.07, 6.45) is 2.19. The Morgan fingerprint density at radius 3 is 2.38 bits per heavy atom. The molecule has 0 aliphatic heterocycles. The molecule has 2 heterocycles. The molecule has 2 aromatic heterocycles. The normalized spacial score (nSPS) is 14.5. The van der Waals surface area contributed by atoms with E-state index in [0.717, 1.165) is 11.2 Å². The van der Waals surface area contributed by atoms with Crippen molar-refractivity contribution in [1.29, 1.82) is 0 Å². The second-order valence-electron chi connectivity index (χ2n) is 9.73. The van der Waals surface area contributed by atoms with Gasteiger partial charge in [0.2, 0.25) is 5.69 Å². The Bertz CT molecular complexity index is 1770. The van der Waals surface area contributed by atoms with Crippen LogP contribution in [-0.4, -0.2) is 0 Å². The molecule has 1 aliphatic carbocycles. The van der Waals surface area contributed by atoms with Crippen molar-refractivity contribution in [1.82, 2.24) is 0 Å². The fraction of sp³-hybridized carbons (Fsp3) is 0.167. The minimum atomic E-state index is -0.129. The number of furan rings is 1. The molecule has 32 heavy (non-hydrogen) atoms. The molecule has 0 saturated heterocycles. The maximum atomic E-state index is 6.43. The topological polar surface area (TPSA) is 17.0 Å². The van der Waals surface area contributed by atoms with Gasteiger partial charge in [-0.25, -0.2) is 4.57 Å². The van der Waals surface area contributed by atoms with E-state index in [0.29, 0.717) is 0 Å². The number of pyridine rings is 1. The van der Waals surface area contributed by atoms with Crippen molar-refractivity contribution in [2.45, 2.75) is 26.2 Å². The molecule has 0 spiro atoms. The van der Waals surface area contributed by atoms with Gasteiger partial charge in [0, 0.05) is 27.6 Å². The second-order valence-corrected chi connectivity index (χ2v) is 9.73. The summed E-state index contributed by atoms with van der Waals surface area (Å²) in [6, 6.07) is 24.2. The van der Waals surface area contributed by atoms with Crippen LogP contribution in [0.5, 0.6) is 0 Å². The zero-order chi connectivity index (χ0) is 21.8. The van der Waals surface area contributed by atoms with E-state index in [1.807, 2.05) is 6.07 Å². The predicted molar refractivity (Wildman–Crippen MR) is 132 cm³/mol. The third-order valence-electron chi connectivity index (χ3n) is 7.65. The quantitative estimate of drug-likeness (QED) is 0.238. The molecule has 4 aromatic carbocycles. The van der Waals surface area contributed by atoms with Crippen molar-refractivity contribution in [2.75, 3.05) is 0 Å². The van der Waals surface area contributed by atoms with Crippen LogP contribution in [0.3, 0.4) is 0 Å². The van der Waals surface area contributed by atoms with Crippen LogP contribution >= 0.6 is 0 Å².